The van der Waals surface area contributed by atoms with Crippen LogP contribution in [-0.4, -0.2) is 15.7 Å². The number of carbonyl (C=O) groups excluding carboxylic acids is 1. The van der Waals surface area contributed by atoms with Gasteiger partial charge in [0.1, 0.15) is 5.15 Å². The van der Waals surface area contributed by atoms with Crippen LogP contribution in [0.2, 0.25) is 5.15 Å². The van der Waals surface area contributed by atoms with E-state index in [1.165, 1.54) is 22.0 Å². The Labute approximate surface area is 140 Å². The number of fused-ring (bicyclic) bond motifs is 5. The zero-order chi connectivity index (χ0) is 16.4. The van der Waals surface area contributed by atoms with Crippen molar-refractivity contribution in [1.82, 2.24) is 15.1 Å². The number of hydrogen-bond donors (Lipinski definition) is 1. The molecule has 4 rings (SSSR count). The monoisotopic (exact) mass is 329 g/mol. The molecule has 4 nitrogen and oxygen atoms in total. The fourth-order valence-electron chi connectivity index (χ4n) is 4.68. The maximum atomic E-state index is 12.9. The lowest BCUT2D eigenvalue weighted by Crippen LogP contribution is -2.51. The first-order valence-electron chi connectivity index (χ1n) is 7.98. The smallest absolute Gasteiger partial charge is 0.256 e. The molecule has 2 unspecified atom stereocenters. The summed E-state index contributed by atoms with van der Waals surface area (Å²) in [4.78, 5) is 12.9. The van der Waals surface area contributed by atoms with E-state index in [2.05, 4.69) is 48.5 Å². The summed E-state index contributed by atoms with van der Waals surface area (Å²) < 4.78 is 1.51. The summed E-state index contributed by atoms with van der Waals surface area (Å²) in [5.41, 5.74) is 2.73. The van der Waals surface area contributed by atoms with E-state index in [1.807, 2.05) is 0 Å². The molecular formula is C18H20ClN3O. The van der Waals surface area contributed by atoms with E-state index >= 15 is 0 Å². The molecule has 2 atom stereocenters. The minimum Gasteiger partial charge on any atom is -0.342 e. The van der Waals surface area contributed by atoms with Crippen LogP contribution in [0.15, 0.2) is 30.5 Å². The molecule has 0 saturated heterocycles. The Kier molecular flexibility index (Phi) is 2.95. The molecule has 0 aliphatic heterocycles. The largest absolute Gasteiger partial charge is 0.342 e. The van der Waals surface area contributed by atoms with Crippen molar-refractivity contribution >= 4 is 17.5 Å². The average molecular weight is 330 g/mol. The van der Waals surface area contributed by atoms with Gasteiger partial charge in [0.2, 0.25) is 0 Å². The van der Waals surface area contributed by atoms with Gasteiger partial charge in [-0.3, -0.25) is 9.48 Å². The van der Waals surface area contributed by atoms with Crippen molar-refractivity contribution in [3.05, 3.63) is 52.3 Å². The van der Waals surface area contributed by atoms with E-state index < -0.39 is 0 Å². The summed E-state index contributed by atoms with van der Waals surface area (Å²) in [5.74, 6) is 0.344. The van der Waals surface area contributed by atoms with Crippen molar-refractivity contribution in [3.63, 3.8) is 0 Å². The summed E-state index contributed by atoms with van der Waals surface area (Å²) in [6.45, 7) is 4.52. The molecule has 2 aliphatic carbocycles. The molecular weight excluding hydrogens is 310 g/mol. The van der Waals surface area contributed by atoms with Gasteiger partial charge in [0.05, 0.1) is 17.3 Å². The number of nitrogens with zero attached hydrogens (tertiary/aromatic N) is 2. The van der Waals surface area contributed by atoms with Crippen molar-refractivity contribution in [2.24, 2.45) is 12.5 Å². The van der Waals surface area contributed by atoms with Gasteiger partial charge in [0.25, 0.3) is 5.91 Å². The van der Waals surface area contributed by atoms with Crippen LogP contribution in [0.3, 0.4) is 0 Å². The van der Waals surface area contributed by atoms with Gasteiger partial charge in [-0.25, -0.2) is 0 Å². The second kappa shape index (κ2) is 4.60. The van der Waals surface area contributed by atoms with Crippen LogP contribution in [0.1, 0.15) is 54.1 Å². The maximum Gasteiger partial charge on any atom is 0.256 e. The summed E-state index contributed by atoms with van der Waals surface area (Å²) >= 11 is 6.20. The van der Waals surface area contributed by atoms with Crippen LogP contribution in [0.25, 0.3) is 0 Å². The number of aryl methyl sites for hydroxylation is 1. The quantitative estimate of drug-likeness (QED) is 0.914. The number of benzene rings is 1. The topological polar surface area (TPSA) is 46.9 Å². The lowest BCUT2D eigenvalue weighted by Gasteiger charge is -2.39. The third-order valence-electron chi connectivity index (χ3n) is 6.01. The molecule has 0 spiro atoms. The Morgan fingerprint density at radius 1 is 1.39 bits per heavy atom. The zero-order valence-electron chi connectivity index (χ0n) is 13.6. The Hall–Kier alpha value is -1.81. The molecule has 5 heteroatoms. The number of aromatic nitrogens is 2. The summed E-state index contributed by atoms with van der Waals surface area (Å²) in [6, 6.07) is 8.50. The van der Waals surface area contributed by atoms with Crippen LogP contribution in [0, 0.1) is 5.41 Å². The SMILES string of the molecule is Cn1ncc(C(=O)NC23CCC(c4ccccc42)C3(C)C)c1Cl. The Bertz CT molecular complexity index is 810. The van der Waals surface area contributed by atoms with Gasteiger partial charge in [-0.2, -0.15) is 5.10 Å². The highest BCUT2D eigenvalue weighted by molar-refractivity contribution is 6.32. The van der Waals surface area contributed by atoms with Gasteiger partial charge in [-0.15, -0.1) is 0 Å². The fourth-order valence-corrected chi connectivity index (χ4v) is 4.86. The molecule has 1 fully saturated rings. The molecule has 2 aromatic rings. The van der Waals surface area contributed by atoms with Crippen molar-refractivity contribution in [2.75, 3.05) is 0 Å². The molecule has 1 saturated carbocycles. The molecule has 1 aromatic heterocycles. The predicted molar refractivity (Wildman–Crippen MR) is 89.6 cm³/mol. The van der Waals surface area contributed by atoms with Crippen LogP contribution in [0.5, 0.6) is 0 Å². The Balaban J connectivity index is 1.78. The number of nitrogens with one attached hydrogen (secondary N) is 1. The summed E-state index contributed by atoms with van der Waals surface area (Å²) in [6.07, 6.45) is 3.60. The number of hydrogen-bond acceptors (Lipinski definition) is 2. The predicted octanol–water partition coefficient (Wildman–Crippen LogP) is 3.62. The first kappa shape index (κ1) is 14.8. The van der Waals surface area contributed by atoms with Crippen LogP contribution >= 0.6 is 11.6 Å². The third-order valence-corrected chi connectivity index (χ3v) is 6.46. The van der Waals surface area contributed by atoms with Gasteiger partial charge >= 0.3 is 0 Å². The van der Waals surface area contributed by atoms with E-state index in [-0.39, 0.29) is 16.9 Å². The molecule has 2 aliphatic rings. The number of rotatable bonds is 2. The molecule has 1 amide bonds. The van der Waals surface area contributed by atoms with Crippen molar-refractivity contribution in [2.45, 2.75) is 38.1 Å². The third kappa shape index (κ3) is 1.73. The normalized spacial score (nSPS) is 27.0. The van der Waals surface area contributed by atoms with Crippen molar-refractivity contribution < 1.29 is 4.79 Å². The van der Waals surface area contributed by atoms with Gasteiger partial charge < -0.3 is 5.32 Å². The Morgan fingerprint density at radius 2 is 2.13 bits per heavy atom. The lowest BCUT2D eigenvalue weighted by molar-refractivity contribution is 0.0809. The summed E-state index contributed by atoms with van der Waals surface area (Å²) in [5, 5.41) is 7.77. The molecule has 2 bridgehead atoms. The van der Waals surface area contributed by atoms with Gasteiger partial charge in [-0.1, -0.05) is 49.7 Å². The van der Waals surface area contributed by atoms with E-state index in [0.29, 0.717) is 16.6 Å². The minimum atomic E-state index is -0.329. The molecule has 1 N–H and O–H groups in total. The van der Waals surface area contributed by atoms with E-state index in [0.717, 1.165) is 12.8 Å². The van der Waals surface area contributed by atoms with Gasteiger partial charge in [0, 0.05) is 7.05 Å². The van der Waals surface area contributed by atoms with Crippen LogP contribution in [0.4, 0.5) is 0 Å². The minimum absolute atomic E-state index is 0.0129. The van der Waals surface area contributed by atoms with Gasteiger partial charge in [-0.05, 0) is 35.3 Å². The highest BCUT2D eigenvalue weighted by Gasteiger charge is 2.62. The highest BCUT2D eigenvalue weighted by Crippen LogP contribution is 2.66. The van der Waals surface area contributed by atoms with Crippen molar-refractivity contribution in [3.8, 4) is 0 Å². The maximum absolute atomic E-state index is 12.9. The first-order valence-corrected chi connectivity index (χ1v) is 8.36. The molecule has 1 heterocycles. The zero-order valence-corrected chi connectivity index (χ0v) is 14.3. The number of amides is 1. The van der Waals surface area contributed by atoms with E-state index in [9.17, 15) is 4.79 Å². The highest BCUT2D eigenvalue weighted by atomic mass is 35.5. The molecule has 120 valence electrons. The van der Waals surface area contributed by atoms with Gasteiger partial charge in [0.15, 0.2) is 0 Å². The lowest BCUT2D eigenvalue weighted by atomic mass is 9.74. The van der Waals surface area contributed by atoms with E-state index in [1.54, 1.807) is 7.05 Å². The van der Waals surface area contributed by atoms with Crippen molar-refractivity contribution in [1.29, 1.82) is 0 Å². The average Bonchev–Trinajstić information content (AvgIpc) is 3.05. The molecule has 1 aromatic carbocycles. The van der Waals surface area contributed by atoms with Crippen LogP contribution in [-0.2, 0) is 12.6 Å². The second-order valence-corrected chi connectivity index (χ2v) is 7.59. The first-order chi connectivity index (χ1) is 10.9. The van der Waals surface area contributed by atoms with E-state index in [4.69, 9.17) is 11.6 Å². The second-order valence-electron chi connectivity index (χ2n) is 7.23. The summed E-state index contributed by atoms with van der Waals surface area (Å²) in [7, 11) is 1.73. The number of carbonyl (C=O) groups is 1. The molecule has 0 radical (unpaired) electrons. The number of halogens is 1. The fraction of sp³-hybridized carbons (Fsp3) is 0.444. The molecule has 23 heavy (non-hydrogen) atoms. The Morgan fingerprint density at radius 3 is 2.83 bits per heavy atom. The van der Waals surface area contributed by atoms with Crippen LogP contribution < -0.4 is 5.32 Å². The standard InChI is InChI=1S/C18H20ClN3O/c1-17(2)13-8-9-18(17,14-7-5-4-6-11(13)14)21-16(23)12-10-20-22(3)15(12)19/h4-7,10,13H,8-9H2,1-3H3,(H,21,23).